The molecule has 4 N–H and O–H groups in total. The number of anilines is 1. The van der Waals surface area contributed by atoms with Crippen LogP contribution in [0.5, 0.6) is 0 Å². The average Bonchev–Trinajstić information content (AvgIpc) is 3.13. The van der Waals surface area contributed by atoms with Crippen molar-refractivity contribution in [3.63, 3.8) is 0 Å². The largest absolute Gasteiger partial charge is 0.373 e. The third-order valence-corrected chi connectivity index (χ3v) is 6.29. The van der Waals surface area contributed by atoms with Crippen LogP contribution in [0.2, 0.25) is 0 Å². The van der Waals surface area contributed by atoms with Gasteiger partial charge in [-0.3, -0.25) is 4.79 Å². The number of hydrogen-bond donors (Lipinski definition) is 4. The Labute approximate surface area is 156 Å². The van der Waals surface area contributed by atoms with E-state index < -0.39 is 0 Å². The van der Waals surface area contributed by atoms with Crippen LogP contribution in [0.1, 0.15) is 49.7 Å². The molecule has 0 spiro atoms. The molecular formula is C21H32N4O. The lowest BCUT2D eigenvalue weighted by Crippen LogP contribution is -2.63. The Hall–Kier alpha value is -1.59. The number of fused-ring (bicyclic) bond motifs is 1. The van der Waals surface area contributed by atoms with Gasteiger partial charge in [-0.15, -0.1) is 0 Å². The standard InChI is InChI=1S/C21H32N4O/c1-14-7-6-8-15-13-18(24-19(14)15)21(26)25-20(16-9-2-4-11-22-16)17-10-3-5-12-23-17/h6-8,16-18,20,22-24H,2-5,9-13H2,1H3,(H,25,26). The SMILES string of the molecule is Cc1cccc2c1NC(C(=O)NC(C1CCCCN1)C1CCCCN1)C2. The Bertz CT molecular complexity index is 617. The lowest BCUT2D eigenvalue weighted by atomic mass is 9.88. The minimum absolute atomic E-state index is 0.144. The van der Waals surface area contributed by atoms with E-state index in [1.807, 2.05) is 0 Å². The maximum atomic E-state index is 13.1. The number of piperidine rings is 2. The summed E-state index contributed by atoms with van der Waals surface area (Å²) in [5.74, 6) is 0.144. The quantitative estimate of drug-likeness (QED) is 0.667. The molecule has 4 rings (SSSR count). The first-order chi connectivity index (χ1) is 12.7. The van der Waals surface area contributed by atoms with Gasteiger partial charge in [0.1, 0.15) is 6.04 Å². The number of carbonyl (C=O) groups excluding carboxylic acids is 1. The van der Waals surface area contributed by atoms with Crippen LogP contribution in [-0.2, 0) is 11.2 Å². The van der Waals surface area contributed by atoms with Crippen LogP contribution >= 0.6 is 0 Å². The molecule has 5 nitrogen and oxygen atoms in total. The minimum Gasteiger partial charge on any atom is -0.373 e. The number of rotatable bonds is 4. The maximum Gasteiger partial charge on any atom is 0.243 e. The topological polar surface area (TPSA) is 65.2 Å². The van der Waals surface area contributed by atoms with Gasteiger partial charge in [0.2, 0.25) is 5.91 Å². The Morgan fingerprint density at radius 3 is 2.35 bits per heavy atom. The molecule has 142 valence electrons. The average molecular weight is 357 g/mol. The highest BCUT2D eigenvalue weighted by molar-refractivity contribution is 5.88. The molecule has 3 aliphatic rings. The van der Waals surface area contributed by atoms with Crippen molar-refractivity contribution in [2.24, 2.45) is 0 Å². The molecule has 3 aliphatic heterocycles. The summed E-state index contributed by atoms with van der Waals surface area (Å²) >= 11 is 0. The van der Waals surface area contributed by atoms with Gasteiger partial charge < -0.3 is 21.3 Å². The molecule has 2 saturated heterocycles. The predicted molar refractivity (Wildman–Crippen MR) is 106 cm³/mol. The molecule has 1 amide bonds. The zero-order valence-electron chi connectivity index (χ0n) is 15.8. The predicted octanol–water partition coefficient (Wildman–Crippen LogP) is 2.10. The van der Waals surface area contributed by atoms with E-state index in [9.17, 15) is 4.79 Å². The zero-order chi connectivity index (χ0) is 17.9. The number of nitrogens with one attached hydrogen (secondary N) is 4. The van der Waals surface area contributed by atoms with Crippen molar-refractivity contribution in [3.8, 4) is 0 Å². The highest BCUT2D eigenvalue weighted by Crippen LogP contribution is 2.29. The Balaban J connectivity index is 1.45. The molecule has 0 saturated carbocycles. The Morgan fingerprint density at radius 2 is 1.77 bits per heavy atom. The van der Waals surface area contributed by atoms with Crippen molar-refractivity contribution in [1.82, 2.24) is 16.0 Å². The summed E-state index contributed by atoms with van der Waals surface area (Å²) in [5, 5.41) is 14.2. The number of para-hydroxylation sites is 1. The third kappa shape index (κ3) is 3.74. The molecule has 0 aromatic heterocycles. The summed E-state index contributed by atoms with van der Waals surface area (Å²) in [6.45, 7) is 4.24. The van der Waals surface area contributed by atoms with E-state index in [0.29, 0.717) is 12.1 Å². The summed E-state index contributed by atoms with van der Waals surface area (Å²) in [6, 6.07) is 7.10. The third-order valence-electron chi connectivity index (χ3n) is 6.29. The zero-order valence-corrected chi connectivity index (χ0v) is 15.8. The van der Waals surface area contributed by atoms with Crippen LogP contribution in [0.3, 0.4) is 0 Å². The van der Waals surface area contributed by atoms with Crippen LogP contribution in [-0.4, -0.2) is 43.2 Å². The number of hydrogen-bond acceptors (Lipinski definition) is 4. The number of amides is 1. The van der Waals surface area contributed by atoms with E-state index in [1.54, 1.807) is 0 Å². The van der Waals surface area contributed by atoms with Crippen LogP contribution in [0.4, 0.5) is 5.69 Å². The lowest BCUT2D eigenvalue weighted by Gasteiger charge is -2.39. The lowest BCUT2D eigenvalue weighted by molar-refractivity contribution is -0.123. The second kappa shape index (κ2) is 7.97. The van der Waals surface area contributed by atoms with E-state index in [2.05, 4.69) is 46.4 Å². The fourth-order valence-corrected chi connectivity index (χ4v) is 4.83. The van der Waals surface area contributed by atoms with Gasteiger partial charge in [-0.1, -0.05) is 31.0 Å². The van der Waals surface area contributed by atoms with Crippen molar-refractivity contribution >= 4 is 11.6 Å². The molecule has 3 atom stereocenters. The summed E-state index contributed by atoms with van der Waals surface area (Å²) < 4.78 is 0. The van der Waals surface area contributed by atoms with Gasteiger partial charge in [0.05, 0.1) is 6.04 Å². The van der Waals surface area contributed by atoms with Crippen molar-refractivity contribution in [1.29, 1.82) is 0 Å². The number of benzene rings is 1. The van der Waals surface area contributed by atoms with Gasteiger partial charge in [0, 0.05) is 24.2 Å². The van der Waals surface area contributed by atoms with Crippen molar-refractivity contribution < 1.29 is 4.79 Å². The van der Waals surface area contributed by atoms with Crippen LogP contribution in [0.15, 0.2) is 18.2 Å². The summed E-state index contributed by atoms with van der Waals surface area (Å²) in [6.07, 6.45) is 8.08. The second-order valence-electron chi connectivity index (χ2n) is 8.16. The fraction of sp³-hybridized carbons (Fsp3) is 0.667. The van der Waals surface area contributed by atoms with Gasteiger partial charge in [0.25, 0.3) is 0 Å². The molecule has 0 radical (unpaired) electrons. The van der Waals surface area contributed by atoms with Gasteiger partial charge in [-0.2, -0.15) is 0 Å². The first-order valence-corrected chi connectivity index (χ1v) is 10.3. The molecule has 26 heavy (non-hydrogen) atoms. The van der Waals surface area contributed by atoms with E-state index >= 15 is 0 Å². The van der Waals surface area contributed by atoms with Gasteiger partial charge in [0.15, 0.2) is 0 Å². The highest BCUT2D eigenvalue weighted by atomic mass is 16.2. The maximum absolute atomic E-state index is 13.1. The van der Waals surface area contributed by atoms with E-state index in [1.165, 1.54) is 36.8 Å². The van der Waals surface area contributed by atoms with E-state index in [-0.39, 0.29) is 18.0 Å². The van der Waals surface area contributed by atoms with Crippen LogP contribution < -0.4 is 21.3 Å². The normalized spacial score (nSPS) is 29.5. The van der Waals surface area contributed by atoms with Crippen molar-refractivity contribution in [3.05, 3.63) is 29.3 Å². The molecular weight excluding hydrogens is 324 g/mol. The van der Waals surface area contributed by atoms with E-state index in [0.717, 1.165) is 38.0 Å². The molecule has 0 bridgehead atoms. The van der Waals surface area contributed by atoms with E-state index in [4.69, 9.17) is 0 Å². The van der Waals surface area contributed by atoms with Crippen molar-refractivity contribution in [2.75, 3.05) is 18.4 Å². The molecule has 1 aromatic carbocycles. The first kappa shape index (κ1) is 17.8. The fourth-order valence-electron chi connectivity index (χ4n) is 4.83. The number of aryl methyl sites for hydroxylation is 1. The molecule has 3 unspecified atom stereocenters. The van der Waals surface area contributed by atoms with Crippen LogP contribution in [0.25, 0.3) is 0 Å². The summed E-state index contributed by atoms with van der Waals surface area (Å²) in [4.78, 5) is 13.1. The number of carbonyl (C=O) groups is 1. The van der Waals surface area contributed by atoms with Gasteiger partial charge in [-0.25, -0.2) is 0 Å². The second-order valence-corrected chi connectivity index (χ2v) is 8.16. The summed E-state index contributed by atoms with van der Waals surface area (Å²) in [5.41, 5.74) is 3.63. The highest BCUT2D eigenvalue weighted by Gasteiger charge is 2.35. The van der Waals surface area contributed by atoms with Crippen LogP contribution in [0, 0.1) is 6.92 Å². The molecule has 5 heteroatoms. The molecule has 0 aliphatic carbocycles. The molecule has 3 heterocycles. The Morgan fingerprint density at radius 1 is 1.08 bits per heavy atom. The molecule has 2 fully saturated rings. The van der Waals surface area contributed by atoms with Crippen molar-refractivity contribution in [2.45, 2.75) is 76.0 Å². The van der Waals surface area contributed by atoms with Gasteiger partial charge in [-0.05, 0) is 56.8 Å². The smallest absolute Gasteiger partial charge is 0.243 e. The Kier molecular flexibility index (Phi) is 5.46. The molecule has 1 aromatic rings. The monoisotopic (exact) mass is 356 g/mol. The van der Waals surface area contributed by atoms with Gasteiger partial charge >= 0.3 is 0 Å². The summed E-state index contributed by atoms with van der Waals surface area (Å²) in [7, 11) is 0. The first-order valence-electron chi connectivity index (χ1n) is 10.3. The minimum atomic E-state index is -0.152.